The van der Waals surface area contributed by atoms with Gasteiger partial charge in [0.15, 0.2) is 0 Å². The van der Waals surface area contributed by atoms with E-state index in [1.807, 2.05) is 0 Å². The van der Waals surface area contributed by atoms with Gasteiger partial charge >= 0.3 is 11.9 Å². The van der Waals surface area contributed by atoms with E-state index in [0.29, 0.717) is 5.56 Å². The maximum atomic E-state index is 12.3. The average molecular weight is 363 g/mol. The Balaban J connectivity index is 2.41. The zero-order chi connectivity index (χ0) is 18.4. The van der Waals surface area contributed by atoms with Gasteiger partial charge in [0.05, 0.1) is 25.0 Å². The third-order valence-electron chi connectivity index (χ3n) is 3.11. The highest BCUT2D eigenvalue weighted by Gasteiger charge is 2.27. The number of hydrogen-bond donors (Lipinski definition) is 1. The number of anilines is 1. The minimum atomic E-state index is -0.624. The molecule has 2 aromatic rings. The molecule has 2 rings (SSSR count). The van der Waals surface area contributed by atoms with Crippen LogP contribution < -0.4 is 5.32 Å². The van der Waals surface area contributed by atoms with Gasteiger partial charge in [0.25, 0.3) is 5.91 Å². The summed E-state index contributed by atoms with van der Waals surface area (Å²) >= 11 is 0.956. The second-order valence-electron chi connectivity index (χ2n) is 4.75. The molecule has 0 aliphatic rings. The van der Waals surface area contributed by atoms with E-state index >= 15 is 0 Å². The largest absolute Gasteiger partial charge is 0.462 e. The first kappa shape index (κ1) is 18.5. The fourth-order valence-electron chi connectivity index (χ4n) is 2.03. The predicted molar refractivity (Wildman–Crippen MR) is 91.0 cm³/mol. The van der Waals surface area contributed by atoms with Crippen molar-refractivity contribution in [2.45, 2.75) is 20.8 Å². The third-order valence-corrected chi connectivity index (χ3v) is 4.30. The normalized spacial score (nSPS) is 10.2. The molecule has 0 atom stereocenters. The minimum absolute atomic E-state index is 0.0843. The van der Waals surface area contributed by atoms with Crippen LogP contribution >= 0.6 is 11.3 Å². The summed E-state index contributed by atoms with van der Waals surface area (Å²) in [6, 6.07) is 0. The van der Waals surface area contributed by atoms with Gasteiger partial charge < -0.3 is 14.8 Å². The number of carbonyl (C=O) groups is 3. The maximum absolute atomic E-state index is 12.3. The second kappa shape index (κ2) is 8.34. The summed E-state index contributed by atoms with van der Waals surface area (Å²) in [6.07, 6.45) is 4.12. The number of rotatable bonds is 6. The minimum Gasteiger partial charge on any atom is -0.462 e. The van der Waals surface area contributed by atoms with E-state index in [1.54, 1.807) is 20.8 Å². The first-order valence-electron chi connectivity index (χ1n) is 7.54. The van der Waals surface area contributed by atoms with Crippen LogP contribution in [0.5, 0.6) is 0 Å². The first-order chi connectivity index (χ1) is 12.0. The van der Waals surface area contributed by atoms with Crippen molar-refractivity contribution in [3.63, 3.8) is 0 Å². The number of carbonyl (C=O) groups excluding carboxylic acids is 3. The molecule has 25 heavy (non-hydrogen) atoms. The quantitative estimate of drug-likeness (QED) is 0.785. The molecule has 132 valence electrons. The second-order valence-corrected chi connectivity index (χ2v) is 5.77. The van der Waals surface area contributed by atoms with Crippen LogP contribution in [0.25, 0.3) is 0 Å². The Morgan fingerprint density at radius 3 is 2.40 bits per heavy atom. The van der Waals surface area contributed by atoms with Crippen LogP contribution in [0.3, 0.4) is 0 Å². The van der Waals surface area contributed by atoms with Crippen molar-refractivity contribution < 1.29 is 23.9 Å². The molecular formula is C16H17N3O5S. The van der Waals surface area contributed by atoms with Crippen molar-refractivity contribution in [3.05, 3.63) is 40.3 Å². The van der Waals surface area contributed by atoms with Gasteiger partial charge in [-0.1, -0.05) is 0 Å². The average Bonchev–Trinajstić information content (AvgIpc) is 2.92. The standard InChI is InChI=1S/C16H17N3O5S/c1-4-23-15(21)11-9(3)12(16(22)24-5-2)25-14(11)19-13(20)10-8-17-6-7-18-10/h6-8H,4-5H2,1-3H3,(H,19,20). The van der Waals surface area contributed by atoms with E-state index in [0.717, 1.165) is 11.3 Å². The van der Waals surface area contributed by atoms with Crippen LogP contribution in [-0.4, -0.2) is 41.0 Å². The number of hydrogen-bond acceptors (Lipinski definition) is 8. The van der Waals surface area contributed by atoms with Gasteiger partial charge in [0, 0.05) is 12.4 Å². The van der Waals surface area contributed by atoms with Crippen LogP contribution in [0.15, 0.2) is 18.6 Å². The summed E-state index contributed by atoms with van der Waals surface area (Å²) in [4.78, 5) is 44.6. The number of thiophene rings is 1. The lowest BCUT2D eigenvalue weighted by Crippen LogP contribution is -2.16. The molecule has 1 amide bonds. The Labute approximate surface area is 148 Å². The molecule has 1 N–H and O–H groups in total. The van der Waals surface area contributed by atoms with E-state index in [1.165, 1.54) is 18.6 Å². The Bertz CT molecular complexity index is 789. The zero-order valence-electron chi connectivity index (χ0n) is 14.0. The van der Waals surface area contributed by atoms with Crippen LogP contribution in [0.2, 0.25) is 0 Å². The van der Waals surface area contributed by atoms with Gasteiger partial charge in [0.1, 0.15) is 15.6 Å². The smallest absolute Gasteiger partial charge is 0.348 e. The highest BCUT2D eigenvalue weighted by Crippen LogP contribution is 2.34. The van der Waals surface area contributed by atoms with E-state index in [-0.39, 0.29) is 34.3 Å². The number of aromatic nitrogens is 2. The summed E-state index contributed by atoms with van der Waals surface area (Å²) in [6.45, 7) is 5.33. The van der Waals surface area contributed by atoms with Gasteiger partial charge in [0.2, 0.25) is 0 Å². The first-order valence-corrected chi connectivity index (χ1v) is 8.36. The molecule has 0 saturated carbocycles. The highest BCUT2D eigenvalue weighted by atomic mass is 32.1. The topological polar surface area (TPSA) is 107 Å². The van der Waals surface area contributed by atoms with Gasteiger partial charge in [-0.25, -0.2) is 14.6 Å². The number of nitrogens with zero attached hydrogens (tertiary/aromatic N) is 2. The van der Waals surface area contributed by atoms with Gasteiger partial charge in [-0.2, -0.15) is 0 Å². The molecule has 0 saturated heterocycles. The SMILES string of the molecule is CCOC(=O)c1sc(NC(=O)c2cnccn2)c(C(=O)OCC)c1C. The van der Waals surface area contributed by atoms with Gasteiger partial charge in [-0.05, 0) is 26.3 Å². The molecule has 0 bridgehead atoms. The fourth-order valence-corrected chi connectivity index (χ4v) is 3.11. The van der Waals surface area contributed by atoms with Crippen molar-refractivity contribution in [1.82, 2.24) is 9.97 Å². The number of ether oxygens (including phenoxy) is 2. The van der Waals surface area contributed by atoms with Crippen molar-refractivity contribution >= 4 is 34.2 Å². The number of esters is 2. The maximum Gasteiger partial charge on any atom is 0.348 e. The summed E-state index contributed by atoms with van der Waals surface area (Å²) < 4.78 is 10.0. The molecule has 2 heterocycles. The highest BCUT2D eigenvalue weighted by molar-refractivity contribution is 7.18. The molecule has 0 radical (unpaired) electrons. The molecular weight excluding hydrogens is 346 g/mol. The lowest BCUT2D eigenvalue weighted by Gasteiger charge is -2.06. The Kier molecular flexibility index (Phi) is 6.18. The van der Waals surface area contributed by atoms with Crippen molar-refractivity contribution in [2.75, 3.05) is 18.5 Å². The van der Waals surface area contributed by atoms with E-state index in [4.69, 9.17) is 9.47 Å². The predicted octanol–water partition coefficient (Wildman–Crippen LogP) is 2.45. The van der Waals surface area contributed by atoms with Crippen LogP contribution in [0, 0.1) is 6.92 Å². The molecule has 0 aliphatic heterocycles. The van der Waals surface area contributed by atoms with Crippen molar-refractivity contribution in [2.24, 2.45) is 0 Å². The third kappa shape index (κ3) is 4.18. The molecule has 0 aliphatic carbocycles. The van der Waals surface area contributed by atoms with E-state index < -0.39 is 17.8 Å². The molecule has 0 aromatic carbocycles. The summed E-state index contributed by atoms with van der Waals surface area (Å²) in [7, 11) is 0. The summed E-state index contributed by atoms with van der Waals surface area (Å²) in [5, 5.41) is 2.80. The molecule has 9 heteroatoms. The Morgan fingerprint density at radius 1 is 1.12 bits per heavy atom. The molecule has 8 nitrogen and oxygen atoms in total. The molecule has 0 spiro atoms. The van der Waals surface area contributed by atoms with Crippen LogP contribution in [-0.2, 0) is 9.47 Å². The summed E-state index contributed by atoms with van der Waals surface area (Å²) in [5.41, 5.74) is 0.615. The molecule has 0 fully saturated rings. The lowest BCUT2D eigenvalue weighted by molar-refractivity contribution is 0.0527. The molecule has 0 unspecified atom stereocenters. The van der Waals surface area contributed by atoms with E-state index in [9.17, 15) is 14.4 Å². The van der Waals surface area contributed by atoms with E-state index in [2.05, 4.69) is 15.3 Å². The number of amides is 1. The van der Waals surface area contributed by atoms with Gasteiger partial charge in [-0.15, -0.1) is 11.3 Å². The summed E-state index contributed by atoms with van der Waals surface area (Å²) in [5.74, 6) is -1.73. The molecule has 2 aromatic heterocycles. The van der Waals surface area contributed by atoms with Crippen LogP contribution in [0.1, 0.15) is 49.9 Å². The monoisotopic (exact) mass is 363 g/mol. The zero-order valence-corrected chi connectivity index (χ0v) is 14.8. The lowest BCUT2D eigenvalue weighted by atomic mass is 10.1. The fraction of sp³-hybridized carbons (Fsp3) is 0.312. The van der Waals surface area contributed by atoms with Crippen molar-refractivity contribution in [3.8, 4) is 0 Å². The van der Waals surface area contributed by atoms with Crippen LogP contribution in [0.4, 0.5) is 5.00 Å². The Morgan fingerprint density at radius 2 is 1.80 bits per heavy atom. The number of nitrogens with one attached hydrogen (secondary N) is 1. The Hall–Kier alpha value is -2.81. The van der Waals surface area contributed by atoms with Crippen molar-refractivity contribution in [1.29, 1.82) is 0 Å². The van der Waals surface area contributed by atoms with Gasteiger partial charge in [-0.3, -0.25) is 9.78 Å².